The van der Waals surface area contributed by atoms with Crippen molar-refractivity contribution in [2.75, 3.05) is 17.7 Å². The highest BCUT2D eigenvalue weighted by Gasteiger charge is 2.15. The third kappa shape index (κ3) is 4.92. The maximum atomic E-state index is 12.3. The van der Waals surface area contributed by atoms with E-state index in [0.717, 1.165) is 0 Å². The summed E-state index contributed by atoms with van der Waals surface area (Å²) in [7, 11) is 1.31. The van der Waals surface area contributed by atoms with E-state index in [0.29, 0.717) is 11.3 Å². The van der Waals surface area contributed by atoms with E-state index in [-0.39, 0.29) is 28.5 Å². The topological polar surface area (TPSA) is 134 Å². The van der Waals surface area contributed by atoms with Gasteiger partial charge in [0, 0.05) is 23.5 Å². The maximum Gasteiger partial charge on any atom is 0.273 e. The molecule has 2 aromatic rings. The molecule has 2 N–H and O–H groups in total. The molecular weight excluding hydrogens is 364 g/mol. The minimum Gasteiger partial charge on any atom is -0.494 e. The van der Waals surface area contributed by atoms with Gasteiger partial charge in [0.1, 0.15) is 17.4 Å². The number of ketones is 1. The average Bonchev–Trinajstić information content (AvgIpc) is 2.68. The molecule has 9 nitrogen and oxygen atoms in total. The molecule has 0 saturated carbocycles. The van der Waals surface area contributed by atoms with Crippen LogP contribution in [0.25, 0.3) is 0 Å². The Balaban J connectivity index is 2.15. The first-order chi connectivity index (χ1) is 13.3. The van der Waals surface area contributed by atoms with E-state index >= 15 is 0 Å². The van der Waals surface area contributed by atoms with Crippen LogP contribution in [0.4, 0.5) is 17.1 Å². The smallest absolute Gasteiger partial charge is 0.273 e. The molecule has 0 aromatic heterocycles. The van der Waals surface area contributed by atoms with E-state index in [9.17, 15) is 25.0 Å². The molecule has 0 heterocycles. The van der Waals surface area contributed by atoms with Crippen LogP contribution < -0.4 is 15.4 Å². The van der Waals surface area contributed by atoms with Gasteiger partial charge in [-0.3, -0.25) is 19.7 Å². The Morgan fingerprint density at radius 1 is 1.21 bits per heavy atom. The van der Waals surface area contributed by atoms with E-state index in [1.54, 1.807) is 30.3 Å². The van der Waals surface area contributed by atoms with Crippen molar-refractivity contribution in [3.05, 3.63) is 69.9 Å². The Labute approximate surface area is 160 Å². The highest BCUT2D eigenvalue weighted by atomic mass is 16.6. The number of nitrogens with one attached hydrogen (secondary N) is 2. The number of nitro benzene ring substituents is 1. The number of ether oxygens (including phenoxy) is 1. The number of rotatable bonds is 7. The summed E-state index contributed by atoms with van der Waals surface area (Å²) < 4.78 is 5.05. The van der Waals surface area contributed by atoms with Crippen LogP contribution in [0.5, 0.6) is 5.75 Å². The van der Waals surface area contributed by atoms with Crippen LogP contribution in [-0.2, 0) is 4.79 Å². The summed E-state index contributed by atoms with van der Waals surface area (Å²) in [5.74, 6) is -0.702. The minimum absolute atomic E-state index is 0.0729. The van der Waals surface area contributed by atoms with Gasteiger partial charge in [0.2, 0.25) is 0 Å². The highest BCUT2D eigenvalue weighted by molar-refractivity contribution is 6.07. The second-order valence-corrected chi connectivity index (χ2v) is 5.54. The second-order valence-electron chi connectivity index (χ2n) is 5.54. The molecular formula is C19H16N4O5. The number of amides is 1. The van der Waals surface area contributed by atoms with Gasteiger partial charge in [0.05, 0.1) is 23.8 Å². The van der Waals surface area contributed by atoms with Gasteiger partial charge >= 0.3 is 0 Å². The molecule has 0 atom stereocenters. The van der Waals surface area contributed by atoms with Crippen molar-refractivity contribution in [2.24, 2.45) is 0 Å². The molecule has 0 aliphatic heterocycles. The molecule has 142 valence electrons. The molecule has 2 aromatic carbocycles. The highest BCUT2D eigenvalue weighted by Crippen LogP contribution is 2.29. The summed E-state index contributed by atoms with van der Waals surface area (Å²) in [6.07, 6.45) is 1.22. The first kappa shape index (κ1) is 20.1. The Bertz CT molecular complexity index is 990. The van der Waals surface area contributed by atoms with Crippen molar-refractivity contribution < 1.29 is 19.2 Å². The molecule has 0 bridgehead atoms. The van der Waals surface area contributed by atoms with Crippen molar-refractivity contribution in [3.63, 3.8) is 0 Å². The number of anilines is 2. The maximum absolute atomic E-state index is 12.3. The van der Waals surface area contributed by atoms with Crippen LogP contribution in [0, 0.1) is 21.4 Å². The fraction of sp³-hybridized carbons (Fsp3) is 0.105. The Morgan fingerprint density at radius 3 is 2.43 bits per heavy atom. The third-order valence-electron chi connectivity index (χ3n) is 3.68. The van der Waals surface area contributed by atoms with Gasteiger partial charge < -0.3 is 15.4 Å². The summed E-state index contributed by atoms with van der Waals surface area (Å²) in [6.45, 7) is 1.45. The van der Waals surface area contributed by atoms with Crippen molar-refractivity contribution in [1.82, 2.24) is 0 Å². The monoisotopic (exact) mass is 380 g/mol. The lowest BCUT2D eigenvalue weighted by molar-refractivity contribution is -0.384. The summed E-state index contributed by atoms with van der Waals surface area (Å²) in [4.78, 5) is 33.8. The zero-order valence-corrected chi connectivity index (χ0v) is 15.1. The van der Waals surface area contributed by atoms with Gasteiger partial charge in [-0.2, -0.15) is 5.26 Å². The fourth-order valence-corrected chi connectivity index (χ4v) is 2.19. The molecule has 2 rings (SSSR count). The van der Waals surface area contributed by atoms with Gasteiger partial charge in [-0.25, -0.2) is 0 Å². The first-order valence-electron chi connectivity index (χ1n) is 7.97. The van der Waals surface area contributed by atoms with Crippen molar-refractivity contribution in [2.45, 2.75) is 6.92 Å². The predicted octanol–water partition coefficient (Wildman–Crippen LogP) is 3.26. The molecule has 0 saturated heterocycles. The largest absolute Gasteiger partial charge is 0.494 e. The van der Waals surface area contributed by atoms with Gasteiger partial charge in [0.25, 0.3) is 11.6 Å². The third-order valence-corrected chi connectivity index (χ3v) is 3.68. The number of carbonyl (C=O) groups is 2. The van der Waals surface area contributed by atoms with Gasteiger partial charge in [-0.05, 0) is 37.3 Å². The minimum atomic E-state index is -0.720. The number of methoxy groups -OCH3 is 1. The van der Waals surface area contributed by atoms with Gasteiger partial charge in [-0.15, -0.1) is 0 Å². The molecule has 9 heteroatoms. The fourth-order valence-electron chi connectivity index (χ4n) is 2.19. The number of nitrogens with zero attached hydrogens (tertiary/aromatic N) is 2. The Kier molecular flexibility index (Phi) is 6.44. The van der Waals surface area contributed by atoms with E-state index in [4.69, 9.17) is 4.74 Å². The molecule has 0 unspecified atom stereocenters. The molecule has 0 spiro atoms. The predicted molar refractivity (Wildman–Crippen MR) is 102 cm³/mol. The lowest BCUT2D eigenvalue weighted by Gasteiger charge is -2.09. The normalized spacial score (nSPS) is 10.5. The van der Waals surface area contributed by atoms with Gasteiger partial charge in [-0.1, -0.05) is 0 Å². The lowest BCUT2D eigenvalue weighted by atomic mass is 10.1. The van der Waals surface area contributed by atoms with E-state index in [1.165, 1.54) is 38.4 Å². The van der Waals surface area contributed by atoms with Crippen LogP contribution in [0.1, 0.15) is 17.3 Å². The van der Waals surface area contributed by atoms with Crippen LogP contribution in [0.3, 0.4) is 0 Å². The quantitative estimate of drug-likeness (QED) is 0.247. The number of non-ortho nitro benzene ring substituents is 1. The second kappa shape index (κ2) is 8.95. The Hall–Kier alpha value is -4.19. The SMILES string of the molecule is COc1cc([N+](=O)[O-])ccc1NC(=O)/C(C#N)=C\Nc1ccc(C(C)=O)cc1. The number of nitriles is 1. The van der Waals surface area contributed by atoms with Crippen LogP contribution in [0.15, 0.2) is 54.2 Å². The summed E-state index contributed by atoms with van der Waals surface area (Å²) in [5, 5.41) is 25.3. The number of carbonyl (C=O) groups excluding carboxylic acids is 2. The molecule has 0 aliphatic rings. The zero-order valence-electron chi connectivity index (χ0n) is 15.1. The number of hydrogen-bond acceptors (Lipinski definition) is 7. The summed E-state index contributed by atoms with van der Waals surface area (Å²) >= 11 is 0. The summed E-state index contributed by atoms with van der Waals surface area (Å²) in [5.41, 5.74) is 0.888. The number of benzene rings is 2. The van der Waals surface area contributed by atoms with Gasteiger partial charge in [0.15, 0.2) is 5.78 Å². The summed E-state index contributed by atoms with van der Waals surface area (Å²) in [6, 6.07) is 12.0. The number of Topliss-reactive ketones (excluding diaryl/α,β-unsaturated/α-hetero) is 1. The van der Waals surface area contributed by atoms with Crippen molar-refractivity contribution >= 4 is 28.8 Å². The average molecular weight is 380 g/mol. The van der Waals surface area contributed by atoms with Crippen molar-refractivity contribution in [3.8, 4) is 11.8 Å². The van der Waals surface area contributed by atoms with Crippen LogP contribution >= 0.6 is 0 Å². The van der Waals surface area contributed by atoms with Crippen molar-refractivity contribution in [1.29, 1.82) is 5.26 Å². The molecule has 28 heavy (non-hydrogen) atoms. The molecule has 0 radical (unpaired) electrons. The van der Waals surface area contributed by atoms with E-state index < -0.39 is 10.8 Å². The number of nitro groups is 1. The standard InChI is InChI=1S/C19H16N4O5/c1-12(24)13-3-5-15(6-4-13)21-11-14(10-20)19(25)22-17-8-7-16(23(26)27)9-18(17)28-2/h3-9,11,21H,1-2H3,(H,22,25)/b14-11-. The first-order valence-corrected chi connectivity index (χ1v) is 7.97. The lowest BCUT2D eigenvalue weighted by Crippen LogP contribution is -2.15. The van der Waals surface area contributed by atoms with Crippen LogP contribution in [-0.4, -0.2) is 23.7 Å². The molecule has 1 amide bonds. The van der Waals surface area contributed by atoms with E-state index in [1.807, 2.05) is 0 Å². The molecule has 0 fully saturated rings. The molecule has 0 aliphatic carbocycles. The van der Waals surface area contributed by atoms with E-state index in [2.05, 4.69) is 10.6 Å². The van der Waals surface area contributed by atoms with Crippen LogP contribution in [0.2, 0.25) is 0 Å². The zero-order chi connectivity index (χ0) is 20.7. The Morgan fingerprint density at radius 2 is 1.89 bits per heavy atom. The number of hydrogen-bond donors (Lipinski definition) is 2.